The second kappa shape index (κ2) is 9.21. The molecule has 2 amide bonds. The highest BCUT2D eigenvalue weighted by molar-refractivity contribution is 5.94. The Balaban J connectivity index is 1.45. The maximum absolute atomic E-state index is 13.5. The molecule has 5 rings (SSSR count). The molecule has 0 radical (unpaired) electrons. The van der Waals surface area contributed by atoms with Crippen LogP contribution in [0.2, 0.25) is 0 Å². The van der Waals surface area contributed by atoms with Gasteiger partial charge in [-0.1, -0.05) is 18.2 Å². The van der Waals surface area contributed by atoms with Gasteiger partial charge in [0, 0.05) is 30.2 Å². The Kier molecular flexibility index (Phi) is 5.97. The van der Waals surface area contributed by atoms with E-state index in [9.17, 15) is 13.6 Å². The minimum atomic E-state index is -2.72. The van der Waals surface area contributed by atoms with E-state index < -0.39 is 19.0 Å². The SMILES string of the molecule is O=C1N(CC(F)F)c2nc(Nc3cnn(CCO)c3)ncc2CN1[C@@H]1CCNc2ccccc21. The van der Waals surface area contributed by atoms with Crippen molar-refractivity contribution in [2.75, 3.05) is 35.2 Å². The number of alkyl halides is 2. The zero-order chi connectivity index (χ0) is 23.7. The molecule has 3 aromatic rings. The number of aliphatic hydroxyl groups excluding tert-OH is 1. The molecule has 0 unspecified atom stereocenters. The fourth-order valence-electron chi connectivity index (χ4n) is 4.40. The number of benzene rings is 1. The van der Waals surface area contributed by atoms with Gasteiger partial charge in [0.1, 0.15) is 5.82 Å². The number of rotatable bonds is 7. The van der Waals surface area contributed by atoms with Gasteiger partial charge in [0.25, 0.3) is 6.43 Å². The van der Waals surface area contributed by atoms with Crippen LogP contribution in [0.5, 0.6) is 0 Å². The third-order valence-electron chi connectivity index (χ3n) is 5.88. The Bertz CT molecular complexity index is 1190. The Labute approximate surface area is 194 Å². The Morgan fingerprint density at radius 2 is 2.12 bits per heavy atom. The number of halogens is 2. The summed E-state index contributed by atoms with van der Waals surface area (Å²) in [5.41, 5.74) is 3.07. The number of para-hydroxylation sites is 1. The van der Waals surface area contributed by atoms with Crippen molar-refractivity contribution in [3.63, 3.8) is 0 Å². The van der Waals surface area contributed by atoms with Gasteiger partial charge in [0.05, 0.1) is 44.2 Å². The summed E-state index contributed by atoms with van der Waals surface area (Å²) < 4.78 is 28.6. The molecule has 0 saturated carbocycles. The fraction of sp³-hybridized carbons (Fsp3) is 0.364. The predicted molar refractivity (Wildman–Crippen MR) is 121 cm³/mol. The van der Waals surface area contributed by atoms with Gasteiger partial charge in [-0.05, 0) is 18.1 Å². The molecule has 4 heterocycles. The van der Waals surface area contributed by atoms with E-state index >= 15 is 0 Å². The monoisotopic (exact) mass is 470 g/mol. The zero-order valence-electron chi connectivity index (χ0n) is 18.2. The molecule has 1 aromatic carbocycles. The summed E-state index contributed by atoms with van der Waals surface area (Å²) in [4.78, 5) is 24.8. The third-order valence-corrected chi connectivity index (χ3v) is 5.88. The number of aromatic nitrogens is 4. The number of carbonyl (C=O) groups excluding carboxylic acids is 1. The highest BCUT2D eigenvalue weighted by Gasteiger charge is 2.39. The molecule has 178 valence electrons. The van der Waals surface area contributed by atoms with Crippen molar-refractivity contribution in [1.82, 2.24) is 24.6 Å². The lowest BCUT2D eigenvalue weighted by atomic mass is 9.95. The van der Waals surface area contributed by atoms with Gasteiger partial charge in [-0.15, -0.1) is 0 Å². The van der Waals surface area contributed by atoms with E-state index in [1.165, 1.54) is 6.20 Å². The lowest BCUT2D eigenvalue weighted by Gasteiger charge is -2.42. The standard InChI is InChI=1S/C22H24F2N8O2/c23-19(24)13-32-20-14(9-26-21(29-20)28-15-10-27-30(12-15)7-8-33)11-31(22(32)34)18-5-6-25-17-4-2-1-3-16(17)18/h1-4,9-10,12,18-19,25,33H,5-8,11,13H2,(H,26,28,29)/t18-/m1/s1. The third kappa shape index (κ3) is 4.23. The van der Waals surface area contributed by atoms with Gasteiger partial charge in [-0.3, -0.25) is 9.58 Å². The topological polar surface area (TPSA) is 111 Å². The minimum absolute atomic E-state index is 0.0564. The number of nitrogens with one attached hydrogen (secondary N) is 2. The lowest BCUT2D eigenvalue weighted by molar-refractivity contribution is 0.138. The summed E-state index contributed by atoms with van der Waals surface area (Å²) in [5, 5.41) is 19.4. The quantitative estimate of drug-likeness (QED) is 0.487. The number of hydrogen-bond donors (Lipinski definition) is 3. The van der Waals surface area contributed by atoms with Gasteiger partial charge >= 0.3 is 6.03 Å². The summed E-state index contributed by atoms with van der Waals surface area (Å²) in [6.07, 6.45) is 2.71. The highest BCUT2D eigenvalue weighted by atomic mass is 19.3. The van der Waals surface area contributed by atoms with E-state index in [1.54, 1.807) is 22.0 Å². The van der Waals surface area contributed by atoms with Crippen LogP contribution in [0.1, 0.15) is 23.6 Å². The second-order valence-corrected chi connectivity index (χ2v) is 8.11. The number of urea groups is 1. The van der Waals surface area contributed by atoms with Gasteiger partial charge in [0.2, 0.25) is 5.95 Å². The van der Waals surface area contributed by atoms with E-state index in [2.05, 4.69) is 25.7 Å². The fourth-order valence-corrected chi connectivity index (χ4v) is 4.40. The zero-order valence-corrected chi connectivity index (χ0v) is 18.2. The Morgan fingerprint density at radius 3 is 2.94 bits per heavy atom. The smallest absolute Gasteiger partial charge is 0.326 e. The molecule has 0 saturated heterocycles. The molecule has 3 N–H and O–H groups in total. The van der Waals surface area contributed by atoms with Gasteiger partial charge in [-0.25, -0.2) is 18.6 Å². The molecule has 0 spiro atoms. The molecular weight excluding hydrogens is 446 g/mol. The van der Waals surface area contributed by atoms with Crippen LogP contribution < -0.4 is 15.5 Å². The van der Waals surface area contributed by atoms with Crippen molar-refractivity contribution in [3.05, 3.63) is 54.0 Å². The van der Waals surface area contributed by atoms with Crippen LogP contribution in [0.15, 0.2) is 42.9 Å². The number of fused-ring (bicyclic) bond motifs is 2. The van der Waals surface area contributed by atoms with E-state index in [0.29, 0.717) is 30.8 Å². The van der Waals surface area contributed by atoms with Crippen molar-refractivity contribution in [2.24, 2.45) is 0 Å². The minimum Gasteiger partial charge on any atom is -0.394 e. The molecule has 2 aliphatic heterocycles. The number of amides is 2. The van der Waals surface area contributed by atoms with Crippen LogP contribution in [0.25, 0.3) is 0 Å². The van der Waals surface area contributed by atoms with Crippen molar-refractivity contribution < 1.29 is 18.7 Å². The largest absolute Gasteiger partial charge is 0.394 e. The molecule has 2 aromatic heterocycles. The molecular formula is C22H24F2N8O2. The van der Waals surface area contributed by atoms with Gasteiger partial charge < -0.3 is 20.6 Å². The van der Waals surface area contributed by atoms with Crippen molar-refractivity contribution in [1.29, 1.82) is 0 Å². The van der Waals surface area contributed by atoms with Crippen molar-refractivity contribution in [2.45, 2.75) is 32.0 Å². The van der Waals surface area contributed by atoms with Crippen LogP contribution in [0.3, 0.4) is 0 Å². The van der Waals surface area contributed by atoms with Crippen LogP contribution in [-0.2, 0) is 13.1 Å². The Hall–Kier alpha value is -3.80. The molecule has 0 fully saturated rings. The van der Waals surface area contributed by atoms with Crippen molar-refractivity contribution >= 4 is 29.2 Å². The number of hydrogen-bond acceptors (Lipinski definition) is 7. The second-order valence-electron chi connectivity index (χ2n) is 8.11. The normalized spacial score (nSPS) is 17.4. The number of aliphatic hydroxyl groups is 1. The maximum atomic E-state index is 13.5. The summed E-state index contributed by atoms with van der Waals surface area (Å²) in [6.45, 7) is 0.413. The molecule has 34 heavy (non-hydrogen) atoms. The van der Waals surface area contributed by atoms with Crippen LogP contribution >= 0.6 is 0 Å². The predicted octanol–water partition coefficient (Wildman–Crippen LogP) is 2.97. The van der Waals surface area contributed by atoms with Gasteiger partial charge in [0.15, 0.2) is 0 Å². The molecule has 1 atom stereocenters. The summed E-state index contributed by atoms with van der Waals surface area (Å²) in [6, 6.07) is 6.98. The first-order chi connectivity index (χ1) is 16.5. The summed E-state index contributed by atoms with van der Waals surface area (Å²) >= 11 is 0. The van der Waals surface area contributed by atoms with E-state index in [-0.39, 0.29) is 31.0 Å². The first kappa shape index (κ1) is 22.0. The first-order valence-electron chi connectivity index (χ1n) is 11.0. The van der Waals surface area contributed by atoms with E-state index in [4.69, 9.17) is 5.11 Å². The van der Waals surface area contributed by atoms with Gasteiger partial charge in [-0.2, -0.15) is 10.1 Å². The average Bonchev–Trinajstić information content (AvgIpc) is 3.27. The lowest BCUT2D eigenvalue weighted by Crippen LogP contribution is -2.51. The van der Waals surface area contributed by atoms with Crippen LogP contribution in [-0.4, -0.2) is 61.9 Å². The highest BCUT2D eigenvalue weighted by Crippen LogP contribution is 2.39. The molecule has 0 aliphatic carbocycles. The molecule has 10 nitrogen and oxygen atoms in total. The maximum Gasteiger partial charge on any atom is 0.326 e. The Morgan fingerprint density at radius 1 is 1.26 bits per heavy atom. The summed E-state index contributed by atoms with van der Waals surface area (Å²) in [7, 11) is 0. The number of carbonyl (C=O) groups is 1. The number of anilines is 4. The molecule has 12 heteroatoms. The van der Waals surface area contributed by atoms with E-state index in [1.807, 2.05) is 24.3 Å². The van der Waals surface area contributed by atoms with E-state index in [0.717, 1.165) is 16.2 Å². The molecule has 0 bridgehead atoms. The van der Waals surface area contributed by atoms with Crippen molar-refractivity contribution in [3.8, 4) is 0 Å². The van der Waals surface area contributed by atoms with Crippen LogP contribution in [0.4, 0.5) is 36.7 Å². The van der Waals surface area contributed by atoms with Crippen LogP contribution in [0, 0.1) is 0 Å². The molecule has 2 aliphatic rings. The first-order valence-corrected chi connectivity index (χ1v) is 11.0. The number of nitrogens with zero attached hydrogens (tertiary/aromatic N) is 6. The average molecular weight is 470 g/mol. The summed E-state index contributed by atoms with van der Waals surface area (Å²) in [5.74, 6) is 0.332.